The maximum Gasteiger partial charge on any atom is 0.257 e. The first-order valence-corrected chi connectivity index (χ1v) is 18.4. The molecular formula is C44H41F5N2O6. The van der Waals surface area contributed by atoms with Crippen LogP contribution in [0.5, 0.6) is 11.5 Å². The van der Waals surface area contributed by atoms with Gasteiger partial charge in [-0.05, 0) is 63.6 Å². The SMILES string of the molecule is COc1cc2c(cc1OC)CN(C[C@@H]1O[C@H](c3ccc(-c4cccc(CNC(=O)c5c(F)c(F)c(F)c(F)c5F)c4)cc3)O[C@H](c3ccc(CO)cc3)[C@@H]1C)CC2. The summed E-state index contributed by atoms with van der Waals surface area (Å²) in [6.45, 7) is 4.04. The Hall–Kier alpha value is -5.34. The molecule has 1 saturated heterocycles. The van der Waals surface area contributed by atoms with Crippen LogP contribution in [0.2, 0.25) is 0 Å². The van der Waals surface area contributed by atoms with Gasteiger partial charge in [0.1, 0.15) is 5.56 Å². The molecule has 0 radical (unpaired) electrons. The van der Waals surface area contributed by atoms with Crippen molar-refractivity contribution in [2.75, 3.05) is 27.3 Å². The van der Waals surface area contributed by atoms with E-state index >= 15 is 0 Å². The van der Waals surface area contributed by atoms with Crippen LogP contribution < -0.4 is 14.8 Å². The molecule has 5 aromatic rings. The van der Waals surface area contributed by atoms with Crippen LogP contribution in [0.15, 0.2) is 84.9 Å². The third-order valence-electron chi connectivity index (χ3n) is 10.7. The number of nitrogens with one attached hydrogen (secondary N) is 1. The normalized spacial score (nSPS) is 19.5. The molecule has 2 heterocycles. The molecule has 0 unspecified atom stereocenters. The predicted octanol–water partition coefficient (Wildman–Crippen LogP) is 8.34. The van der Waals surface area contributed by atoms with E-state index in [1.807, 2.05) is 66.7 Å². The smallest absolute Gasteiger partial charge is 0.257 e. The highest BCUT2D eigenvalue weighted by Crippen LogP contribution is 2.43. The number of methoxy groups -OCH3 is 2. The highest BCUT2D eigenvalue weighted by atomic mass is 19.2. The Morgan fingerprint density at radius 3 is 2.05 bits per heavy atom. The molecule has 0 saturated carbocycles. The fourth-order valence-electron chi connectivity index (χ4n) is 7.45. The lowest BCUT2D eigenvalue weighted by molar-refractivity contribution is -0.276. The maximum atomic E-state index is 14.2. The van der Waals surface area contributed by atoms with Crippen LogP contribution in [0.4, 0.5) is 22.0 Å². The fraction of sp³-hybridized carbons (Fsp3) is 0.295. The summed E-state index contributed by atoms with van der Waals surface area (Å²) in [6.07, 6.45) is -0.361. The van der Waals surface area contributed by atoms with Crippen LogP contribution >= 0.6 is 0 Å². The number of benzene rings is 5. The van der Waals surface area contributed by atoms with Gasteiger partial charge in [-0.25, -0.2) is 22.0 Å². The van der Waals surface area contributed by atoms with Gasteiger partial charge < -0.3 is 29.4 Å². The first-order valence-electron chi connectivity index (χ1n) is 18.4. The summed E-state index contributed by atoms with van der Waals surface area (Å²) in [5, 5.41) is 11.9. The zero-order valence-corrected chi connectivity index (χ0v) is 31.5. The van der Waals surface area contributed by atoms with Crippen LogP contribution in [0, 0.1) is 35.0 Å². The minimum Gasteiger partial charge on any atom is -0.493 e. The number of nitrogens with zero attached hydrogens (tertiary/aromatic N) is 1. The van der Waals surface area contributed by atoms with E-state index in [2.05, 4.69) is 17.1 Å². The summed E-state index contributed by atoms with van der Waals surface area (Å²) in [7, 11) is 3.26. The second kappa shape index (κ2) is 17.0. The van der Waals surface area contributed by atoms with E-state index in [0.717, 1.165) is 47.3 Å². The summed E-state index contributed by atoms with van der Waals surface area (Å²) in [6, 6.07) is 26.4. The van der Waals surface area contributed by atoms with E-state index in [1.165, 1.54) is 11.1 Å². The maximum absolute atomic E-state index is 14.2. The molecule has 57 heavy (non-hydrogen) atoms. The van der Waals surface area contributed by atoms with Gasteiger partial charge in [-0.3, -0.25) is 9.69 Å². The standard InChI is InChI=1S/C44H41F5N2O6/c1-24-35(22-51-16-15-31-18-33(54-2)34(55-3)19-32(31)21-51)56-44(57-42(24)28-9-7-25(23-52)8-10-28)29-13-11-27(12-14-29)30-6-4-5-26(17-30)20-50-43(53)36-37(45)39(47)41(49)40(48)38(36)46/h4-14,17-19,24,35,42,44,52H,15-16,20-23H2,1-3H3,(H,50,53)/t24-,35+,42+,44+/m1/s1. The zero-order chi connectivity index (χ0) is 40.4. The molecule has 0 bridgehead atoms. The average Bonchev–Trinajstić information content (AvgIpc) is 3.24. The zero-order valence-electron chi connectivity index (χ0n) is 31.5. The van der Waals surface area contributed by atoms with Crippen molar-refractivity contribution >= 4 is 5.91 Å². The molecule has 2 aliphatic heterocycles. The molecule has 4 atom stereocenters. The highest BCUT2D eigenvalue weighted by Gasteiger charge is 2.39. The number of aliphatic hydroxyl groups is 1. The number of amides is 1. The molecule has 2 N–H and O–H groups in total. The van der Waals surface area contributed by atoms with E-state index in [9.17, 15) is 31.9 Å². The van der Waals surface area contributed by atoms with E-state index in [4.69, 9.17) is 18.9 Å². The Bertz CT molecular complexity index is 2230. The fourth-order valence-corrected chi connectivity index (χ4v) is 7.45. The number of aliphatic hydroxyl groups excluding tert-OH is 1. The van der Waals surface area contributed by atoms with Crippen molar-refractivity contribution < 1.29 is 50.8 Å². The van der Waals surface area contributed by atoms with Gasteiger partial charge in [-0.2, -0.15) is 0 Å². The summed E-state index contributed by atoms with van der Waals surface area (Å²) in [5.74, 6) is -11.2. The van der Waals surface area contributed by atoms with Gasteiger partial charge in [0.05, 0.1) is 33.0 Å². The number of carbonyl (C=O) groups is 1. The number of fused-ring (bicyclic) bond motifs is 1. The molecule has 8 nitrogen and oxygen atoms in total. The molecule has 1 amide bonds. The van der Waals surface area contributed by atoms with Crippen molar-refractivity contribution in [3.05, 3.63) is 153 Å². The Balaban J connectivity index is 1.08. The average molecular weight is 789 g/mol. The number of ether oxygens (including phenoxy) is 4. The van der Waals surface area contributed by atoms with Crippen molar-refractivity contribution in [1.82, 2.24) is 10.2 Å². The van der Waals surface area contributed by atoms with Crippen LogP contribution in [0.3, 0.4) is 0 Å². The molecule has 0 aromatic heterocycles. The molecule has 1 fully saturated rings. The van der Waals surface area contributed by atoms with E-state index in [-0.39, 0.29) is 31.3 Å². The third-order valence-corrected chi connectivity index (χ3v) is 10.7. The second-order valence-electron chi connectivity index (χ2n) is 14.2. The van der Waals surface area contributed by atoms with Crippen LogP contribution in [-0.4, -0.2) is 49.3 Å². The number of hydrogen-bond acceptors (Lipinski definition) is 7. The molecule has 5 aromatic carbocycles. The predicted molar refractivity (Wildman–Crippen MR) is 201 cm³/mol. The molecule has 298 valence electrons. The number of rotatable bonds is 11. The molecule has 7 rings (SSSR count). The Morgan fingerprint density at radius 2 is 1.40 bits per heavy atom. The molecule has 13 heteroatoms. The lowest BCUT2D eigenvalue weighted by Crippen LogP contribution is -2.45. The van der Waals surface area contributed by atoms with Crippen molar-refractivity contribution in [3.8, 4) is 22.6 Å². The second-order valence-corrected chi connectivity index (χ2v) is 14.2. The first-order chi connectivity index (χ1) is 27.5. The number of halogens is 5. The van der Waals surface area contributed by atoms with Crippen molar-refractivity contribution in [1.29, 1.82) is 0 Å². The largest absolute Gasteiger partial charge is 0.493 e. The van der Waals surface area contributed by atoms with Crippen LogP contribution in [0.25, 0.3) is 11.1 Å². The van der Waals surface area contributed by atoms with Crippen molar-refractivity contribution in [2.24, 2.45) is 5.92 Å². The quantitative estimate of drug-likeness (QED) is 0.0791. The van der Waals surface area contributed by atoms with Gasteiger partial charge in [0, 0.05) is 37.7 Å². The van der Waals surface area contributed by atoms with Gasteiger partial charge in [-0.1, -0.05) is 73.7 Å². The minimum atomic E-state index is -2.34. The Kier molecular flexibility index (Phi) is 11.9. The van der Waals surface area contributed by atoms with E-state index < -0.39 is 46.8 Å². The monoisotopic (exact) mass is 788 g/mol. The Morgan fingerprint density at radius 1 is 0.772 bits per heavy atom. The van der Waals surface area contributed by atoms with Crippen LogP contribution in [-0.2, 0) is 35.6 Å². The summed E-state index contributed by atoms with van der Waals surface area (Å²) in [5.41, 5.74) is 5.50. The van der Waals surface area contributed by atoms with Gasteiger partial charge in [0.2, 0.25) is 5.82 Å². The molecule has 0 aliphatic carbocycles. The van der Waals surface area contributed by atoms with Gasteiger partial charge >= 0.3 is 0 Å². The van der Waals surface area contributed by atoms with E-state index in [0.29, 0.717) is 23.6 Å². The van der Waals surface area contributed by atoms with Gasteiger partial charge in [0.25, 0.3) is 5.91 Å². The Labute approximate surface area is 326 Å². The molecular weight excluding hydrogens is 747 g/mol. The highest BCUT2D eigenvalue weighted by molar-refractivity contribution is 5.94. The summed E-state index contributed by atoms with van der Waals surface area (Å²) in [4.78, 5) is 14.9. The van der Waals surface area contributed by atoms with Crippen LogP contribution in [0.1, 0.15) is 63.1 Å². The van der Waals surface area contributed by atoms with Crippen molar-refractivity contribution in [3.63, 3.8) is 0 Å². The number of carbonyl (C=O) groups excluding carboxylic acids is 1. The molecule has 0 spiro atoms. The lowest BCUT2D eigenvalue weighted by atomic mass is 9.89. The van der Waals surface area contributed by atoms with Crippen molar-refractivity contribution in [2.45, 2.75) is 51.5 Å². The third kappa shape index (κ3) is 8.24. The van der Waals surface area contributed by atoms with E-state index in [1.54, 1.807) is 32.4 Å². The number of hydrogen-bond donors (Lipinski definition) is 2. The lowest BCUT2D eigenvalue weighted by Gasteiger charge is -2.43. The minimum absolute atomic E-state index is 0.0235. The molecule has 2 aliphatic rings. The summed E-state index contributed by atoms with van der Waals surface area (Å²) >= 11 is 0. The first kappa shape index (κ1) is 39.9. The van der Waals surface area contributed by atoms with Gasteiger partial charge in [-0.15, -0.1) is 0 Å². The summed E-state index contributed by atoms with van der Waals surface area (Å²) < 4.78 is 93.7. The van der Waals surface area contributed by atoms with Gasteiger partial charge in [0.15, 0.2) is 41.1 Å². The topological polar surface area (TPSA) is 89.5 Å².